The number of carbonyl (C=O) groups is 2. The number of hydrogen-bond acceptors (Lipinski definition) is 6. The summed E-state index contributed by atoms with van der Waals surface area (Å²) in [4.78, 5) is 29.5. The van der Waals surface area contributed by atoms with Gasteiger partial charge in [0.1, 0.15) is 29.4 Å². The monoisotopic (exact) mass is 485 g/mol. The van der Waals surface area contributed by atoms with Gasteiger partial charge in [0.05, 0.1) is 10.6 Å². The lowest BCUT2D eigenvalue weighted by Crippen LogP contribution is -2.55. The molecule has 0 aliphatic carbocycles. The number of nitrogens with zero attached hydrogens (tertiary/aromatic N) is 3. The fourth-order valence-electron chi connectivity index (χ4n) is 4.15. The molecule has 1 saturated heterocycles. The number of piperazine rings is 1. The van der Waals surface area contributed by atoms with Crippen LogP contribution in [0.25, 0.3) is 11.3 Å². The van der Waals surface area contributed by atoms with Crippen LogP contribution >= 0.6 is 11.6 Å². The van der Waals surface area contributed by atoms with E-state index >= 15 is 0 Å². The Balaban J connectivity index is 1.28. The van der Waals surface area contributed by atoms with Crippen molar-refractivity contribution in [1.82, 2.24) is 15.0 Å². The van der Waals surface area contributed by atoms with Gasteiger partial charge in [-0.2, -0.15) is 0 Å². The summed E-state index contributed by atoms with van der Waals surface area (Å²) in [6.45, 7) is 2.96. The van der Waals surface area contributed by atoms with Gasteiger partial charge in [0, 0.05) is 26.2 Å². The van der Waals surface area contributed by atoms with E-state index in [2.05, 4.69) is 5.16 Å². The second kappa shape index (κ2) is 8.98. The summed E-state index contributed by atoms with van der Waals surface area (Å²) in [5.41, 5.74) is 0.246. The highest BCUT2D eigenvalue weighted by Crippen LogP contribution is 2.34. The number of ether oxygens (including phenoxy) is 2. The largest absolute Gasteiger partial charge is 0.485 e. The van der Waals surface area contributed by atoms with Gasteiger partial charge in [-0.1, -0.05) is 35.0 Å². The summed E-state index contributed by atoms with van der Waals surface area (Å²) in [6.07, 6.45) is -0.743. The third-order valence-corrected chi connectivity index (χ3v) is 6.25. The summed E-state index contributed by atoms with van der Waals surface area (Å²) in [5, 5.41) is 4.04. The first-order valence-electron chi connectivity index (χ1n) is 10.8. The minimum absolute atomic E-state index is 0.0212. The average Bonchev–Trinajstić information content (AvgIpc) is 3.23. The van der Waals surface area contributed by atoms with Crippen LogP contribution in [0.3, 0.4) is 0 Å². The molecule has 3 aromatic rings. The molecule has 5 rings (SSSR count). The summed E-state index contributed by atoms with van der Waals surface area (Å²) in [7, 11) is 0. The smallest absolute Gasteiger partial charge is 0.267 e. The maximum Gasteiger partial charge on any atom is 0.267 e. The molecule has 0 bridgehead atoms. The van der Waals surface area contributed by atoms with Gasteiger partial charge in [-0.15, -0.1) is 0 Å². The molecule has 1 atom stereocenters. The van der Waals surface area contributed by atoms with Crippen LogP contribution in [0, 0.1) is 12.7 Å². The van der Waals surface area contributed by atoms with Crippen molar-refractivity contribution in [2.75, 3.05) is 32.8 Å². The molecular formula is C24H21ClFN3O5. The quantitative estimate of drug-likeness (QED) is 0.564. The number of halogens is 2. The number of rotatable bonds is 3. The molecule has 176 valence electrons. The standard InChI is InChI=1S/C24H21ClFN3O5/c1-14-20(22(27-34-14)21-15(25)5-4-6-16(21)26)24(31)29-11-9-28(10-12-29)23(30)19-13-32-17-7-2-3-8-18(17)33-19/h2-8,19H,9-13H2,1H3/t19-/m0/s1. The van der Waals surface area contributed by atoms with Crippen molar-refractivity contribution in [1.29, 1.82) is 0 Å². The maximum absolute atomic E-state index is 14.5. The van der Waals surface area contributed by atoms with Gasteiger partial charge < -0.3 is 23.8 Å². The first-order chi connectivity index (χ1) is 16.4. The van der Waals surface area contributed by atoms with Gasteiger partial charge in [-0.25, -0.2) is 4.39 Å². The number of para-hydroxylation sites is 2. The Morgan fingerprint density at radius 2 is 1.74 bits per heavy atom. The molecule has 0 radical (unpaired) electrons. The van der Waals surface area contributed by atoms with Gasteiger partial charge in [-0.05, 0) is 31.2 Å². The molecule has 0 N–H and O–H groups in total. The van der Waals surface area contributed by atoms with E-state index in [0.29, 0.717) is 37.7 Å². The predicted octanol–water partition coefficient (Wildman–Crippen LogP) is 3.57. The second-order valence-electron chi connectivity index (χ2n) is 8.04. The number of hydrogen-bond donors (Lipinski definition) is 0. The number of fused-ring (bicyclic) bond motifs is 1. The fourth-order valence-corrected chi connectivity index (χ4v) is 4.40. The highest BCUT2D eigenvalue weighted by molar-refractivity contribution is 6.33. The van der Waals surface area contributed by atoms with Crippen LogP contribution in [0.1, 0.15) is 16.1 Å². The Kier molecular flexibility index (Phi) is 5.87. The predicted molar refractivity (Wildman–Crippen MR) is 120 cm³/mol. The van der Waals surface area contributed by atoms with Crippen molar-refractivity contribution in [3.63, 3.8) is 0 Å². The Labute approximate surface area is 199 Å². The van der Waals surface area contributed by atoms with Crippen LogP contribution in [0.4, 0.5) is 4.39 Å². The Hall–Kier alpha value is -3.59. The topological polar surface area (TPSA) is 85.1 Å². The summed E-state index contributed by atoms with van der Waals surface area (Å²) < 4.78 is 31.2. The lowest BCUT2D eigenvalue weighted by Gasteiger charge is -2.37. The summed E-state index contributed by atoms with van der Waals surface area (Å²) in [5.74, 6) is 0.263. The van der Waals surface area contributed by atoms with E-state index in [1.165, 1.54) is 18.2 Å². The minimum Gasteiger partial charge on any atom is -0.485 e. The Morgan fingerprint density at radius 3 is 2.47 bits per heavy atom. The number of benzene rings is 2. The summed E-state index contributed by atoms with van der Waals surface area (Å²) in [6, 6.07) is 11.4. The molecular weight excluding hydrogens is 465 g/mol. The first kappa shape index (κ1) is 22.2. The Morgan fingerprint density at radius 1 is 1.03 bits per heavy atom. The molecule has 1 fully saturated rings. The molecule has 0 unspecified atom stereocenters. The molecule has 8 nitrogen and oxygen atoms in total. The SMILES string of the molecule is Cc1onc(-c2c(F)cccc2Cl)c1C(=O)N1CCN(C(=O)[C@@H]2COc3ccccc3O2)CC1. The van der Waals surface area contributed by atoms with E-state index in [9.17, 15) is 14.0 Å². The molecule has 0 saturated carbocycles. The van der Waals surface area contributed by atoms with Crippen molar-refractivity contribution >= 4 is 23.4 Å². The molecule has 10 heteroatoms. The highest BCUT2D eigenvalue weighted by atomic mass is 35.5. The van der Waals surface area contributed by atoms with Crippen molar-refractivity contribution in [2.24, 2.45) is 0 Å². The van der Waals surface area contributed by atoms with Crippen LogP contribution < -0.4 is 9.47 Å². The zero-order valence-corrected chi connectivity index (χ0v) is 19.0. The van der Waals surface area contributed by atoms with E-state index in [4.69, 9.17) is 25.6 Å². The second-order valence-corrected chi connectivity index (χ2v) is 8.45. The van der Waals surface area contributed by atoms with Crippen molar-refractivity contribution in [3.8, 4) is 22.8 Å². The van der Waals surface area contributed by atoms with Gasteiger partial charge >= 0.3 is 0 Å². The van der Waals surface area contributed by atoms with Gasteiger partial charge in [0.25, 0.3) is 11.8 Å². The first-order valence-corrected chi connectivity index (χ1v) is 11.2. The summed E-state index contributed by atoms with van der Waals surface area (Å²) >= 11 is 6.18. The molecule has 1 aromatic heterocycles. The maximum atomic E-state index is 14.5. The molecule has 2 aliphatic rings. The number of aromatic nitrogens is 1. The zero-order chi connectivity index (χ0) is 23.8. The molecule has 0 spiro atoms. The molecule has 2 aliphatic heterocycles. The van der Waals surface area contributed by atoms with Crippen LogP contribution in [0.2, 0.25) is 5.02 Å². The van der Waals surface area contributed by atoms with Gasteiger partial charge in [-0.3, -0.25) is 9.59 Å². The van der Waals surface area contributed by atoms with E-state index in [0.717, 1.165) is 0 Å². The van der Waals surface area contributed by atoms with E-state index in [1.807, 2.05) is 12.1 Å². The van der Waals surface area contributed by atoms with Crippen molar-refractivity contribution < 1.29 is 28.0 Å². The normalized spacial score (nSPS) is 17.6. The lowest BCUT2D eigenvalue weighted by molar-refractivity contribution is -0.142. The number of amides is 2. The number of carbonyl (C=O) groups excluding carboxylic acids is 2. The van der Waals surface area contributed by atoms with E-state index in [1.54, 1.807) is 28.9 Å². The molecule has 3 heterocycles. The highest BCUT2D eigenvalue weighted by Gasteiger charge is 2.35. The Bertz CT molecular complexity index is 1230. The minimum atomic E-state index is -0.743. The molecule has 2 aromatic carbocycles. The third kappa shape index (κ3) is 3.96. The van der Waals surface area contributed by atoms with Gasteiger partial charge in [0.15, 0.2) is 11.5 Å². The van der Waals surface area contributed by atoms with E-state index < -0.39 is 11.9 Å². The number of aryl methyl sites for hydroxylation is 1. The van der Waals surface area contributed by atoms with Crippen LogP contribution in [-0.4, -0.2) is 65.7 Å². The van der Waals surface area contributed by atoms with E-state index in [-0.39, 0.29) is 46.0 Å². The fraction of sp³-hybridized carbons (Fsp3) is 0.292. The van der Waals surface area contributed by atoms with Crippen LogP contribution in [0.5, 0.6) is 11.5 Å². The molecule has 2 amide bonds. The lowest BCUT2D eigenvalue weighted by atomic mass is 10.0. The van der Waals surface area contributed by atoms with Crippen molar-refractivity contribution in [3.05, 3.63) is 64.6 Å². The van der Waals surface area contributed by atoms with Crippen molar-refractivity contribution in [2.45, 2.75) is 13.0 Å². The van der Waals surface area contributed by atoms with Gasteiger partial charge in [0.2, 0.25) is 6.10 Å². The zero-order valence-electron chi connectivity index (χ0n) is 18.3. The molecule has 34 heavy (non-hydrogen) atoms. The van der Waals surface area contributed by atoms with Crippen LogP contribution in [-0.2, 0) is 4.79 Å². The average molecular weight is 486 g/mol. The van der Waals surface area contributed by atoms with Crippen LogP contribution in [0.15, 0.2) is 47.0 Å². The third-order valence-electron chi connectivity index (χ3n) is 5.94.